The third kappa shape index (κ3) is 1.19. The predicted octanol–water partition coefficient (Wildman–Crippen LogP) is 0.636. The molecule has 4 heteroatoms. The van der Waals surface area contributed by atoms with Gasteiger partial charge in [0.25, 0.3) is 0 Å². The molecule has 0 unspecified atom stereocenters. The largest absolute Gasteiger partial charge is 0.369 e. The van der Waals surface area contributed by atoms with Gasteiger partial charge >= 0.3 is 0 Å². The maximum Gasteiger partial charge on any atom is 0.0973 e. The quantitative estimate of drug-likeness (QED) is 0.566. The lowest BCUT2D eigenvalue weighted by Gasteiger charge is -2.29. The zero-order valence-corrected chi connectivity index (χ0v) is 9.29. The average Bonchev–Trinajstić information content (AvgIpc) is 3.00. The van der Waals surface area contributed by atoms with Gasteiger partial charge in [0, 0.05) is 25.7 Å². The first-order chi connectivity index (χ1) is 7.66. The molecule has 0 N–H and O–H groups in total. The number of epoxide rings is 4. The molecule has 0 atom stereocenters. The van der Waals surface area contributed by atoms with Crippen molar-refractivity contribution in [2.24, 2.45) is 0 Å². The third-order valence-electron chi connectivity index (χ3n) is 4.79. The fourth-order valence-electron chi connectivity index (χ4n) is 3.82. The van der Waals surface area contributed by atoms with Crippen LogP contribution >= 0.6 is 0 Å². The van der Waals surface area contributed by atoms with Crippen molar-refractivity contribution >= 4 is 0 Å². The zero-order valence-electron chi connectivity index (χ0n) is 9.29. The summed E-state index contributed by atoms with van der Waals surface area (Å²) in [6.45, 7) is 3.60. The van der Waals surface area contributed by atoms with Crippen LogP contribution in [0.2, 0.25) is 0 Å². The normalized spacial score (nSPS) is 66.0. The molecule has 5 rings (SSSR count). The second-order valence-electron chi connectivity index (χ2n) is 6.59. The van der Waals surface area contributed by atoms with Crippen LogP contribution in [0, 0.1) is 0 Å². The van der Waals surface area contributed by atoms with Crippen LogP contribution < -0.4 is 0 Å². The summed E-state index contributed by atoms with van der Waals surface area (Å²) in [5.41, 5.74) is 0.347. The van der Waals surface area contributed by atoms with Crippen molar-refractivity contribution < 1.29 is 18.9 Å². The summed E-state index contributed by atoms with van der Waals surface area (Å²) in [4.78, 5) is 0. The van der Waals surface area contributed by atoms with E-state index in [9.17, 15) is 0 Å². The van der Waals surface area contributed by atoms with Gasteiger partial charge in [-0.1, -0.05) is 0 Å². The molecule has 4 spiro atoms. The Balaban J connectivity index is 1.50. The summed E-state index contributed by atoms with van der Waals surface area (Å²) >= 11 is 0. The first-order valence-corrected chi connectivity index (χ1v) is 6.21. The molecular weight excluding hydrogens is 208 g/mol. The van der Waals surface area contributed by atoms with E-state index >= 15 is 0 Å². The summed E-state index contributed by atoms with van der Waals surface area (Å²) < 4.78 is 22.8. The monoisotopic (exact) mass is 224 g/mol. The van der Waals surface area contributed by atoms with E-state index in [1.54, 1.807) is 0 Å². The van der Waals surface area contributed by atoms with Gasteiger partial charge in [-0.3, -0.25) is 0 Å². The van der Waals surface area contributed by atoms with Crippen molar-refractivity contribution in [1.29, 1.82) is 0 Å². The van der Waals surface area contributed by atoms with Crippen LogP contribution in [0.15, 0.2) is 0 Å². The van der Waals surface area contributed by atoms with E-state index < -0.39 is 0 Å². The Morgan fingerprint density at radius 2 is 0.625 bits per heavy atom. The summed E-state index contributed by atoms with van der Waals surface area (Å²) in [5, 5.41) is 0. The van der Waals surface area contributed by atoms with E-state index in [1.807, 2.05) is 0 Å². The van der Waals surface area contributed by atoms with Gasteiger partial charge in [0.05, 0.1) is 48.8 Å². The van der Waals surface area contributed by atoms with Crippen LogP contribution in [-0.2, 0) is 18.9 Å². The highest BCUT2D eigenvalue weighted by atomic mass is 16.6. The number of hydrogen-bond acceptors (Lipinski definition) is 4. The lowest BCUT2D eigenvalue weighted by molar-refractivity contribution is 0.0839. The Kier molecular flexibility index (Phi) is 1.23. The maximum absolute atomic E-state index is 5.71. The van der Waals surface area contributed by atoms with Crippen LogP contribution in [0.25, 0.3) is 0 Å². The minimum absolute atomic E-state index is 0.0868. The van der Waals surface area contributed by atoms with Crippen molar-refractivity contribution in [1.82, 2.24) is 0 Å². The first-order valence-electron chi connectivity index (χ1n) is 6.21. The zero-order chi connectivity index (χ0) is 10.5. The van der Waals surface area contributed by atoms with E-state index in [0.29, 0.717) is 0 Å². The van der Waals surface area contributed by atoms with Gasteiger partial charge in [0.15, 0.2) is 0 Å². The molecule has 0 aromatic rings. The molecule has 4 saturated heterocycles. The average molecular weight is 224 g/mol. The van der Waals surface area contributed by atoms with Crippen LogP contribution in [0.5, 0.6) is 0 Å². The van der Waals surface area contributed by atoms with Gasteiger partial charge in [-0.2, -0.15) is 0 Å². The van der Waals surface area contributed by atoms with Crippen molar-refractivity contribution in [3.63, 3.8) is 0 Å². The van der Waals surface area contributed by atoms with Gasteiger partial charge in [-0.05, 0) is 0 Å². The number of rotatable bonds is 0. The molecule has 4 heterocycles. The molecule has 4 nitrogen and oxygen atoms in total. The van der Waals surface area contributed by atoms with Crippen molar-refractivity contribution in [2.45, 2.75) is 48.1 Å². The van der Waals surface area contributed by atoms with Crippen LogP contribution in [0.1, 0.15) is 25.7 Å². The molecule has 1 saturated carbocycles. The molecule has 1 aliphatic carbocycles. The second kappa shape index (κ2) is 2.21. The Bertz CT molecular complexity index is 273. The first kappa shape index (κ1) is 8.86. The number of ether oxygens (including phenoxy) is 4. The summed E-state index contributed by atoms with van der Waals surface area (Å²) in [6, 6.07) is 0. The Morgan fingerprint density at radius 3 is 0.750 bits per heavy atom. The highest BCUT2D eigenvalue weighted by Crippen LogP contribution is 2.60. The topological polar surface area (TPSA) is 50.1 Å². The molecule has 0 aromatic carbocycles. The van der Waals surface area contributed by atoms with E-state index in [2.05, 4.69) is 0 Å². The lowest BCUT2D eigenvalue weighted by atomic mass is 9.75. The van der Waals surface area contributed by atoms with Gasteiger partial charge in [-0.25, -0.2) is 0 Å². The molecule has 0 radical (unpaired) electrons. The minimum atomic E-state index is 0.0868. The highest BCUT2D eigenvalue weighted by Gasteiger charge is 2.70. The van der Waals surface area contributed by atoms with Crippen molar-refractivity contribution in [3.8, 4) is 0 Å². The molecule has 5 aliphatic rings. The standard InChI is InChI=1S/C12H16O4/c1-9(5-13-9)2-11(7-15-11)4-12(8-16-12)3-10(1)6-14-10/h1-8H2. The summed E-state index contributed by atoms with van der Waals surface area (Å²) in [5.74, 6) is 0. The molecule has 5 fully saturated rings. The molecule has 16 heavy (non-hydrogen) atoms. The van der Waals surface area contributed by atoms with Gasteiger partial charge < -0.3 is 18.9 Å². The van der Waals surface area contributed by atoms with Gasteiger partial charge in [-0.15, -0.1) is 0 Å². The molecule has 4 aliphatic heterocycles. The fraction of sp³-hybridized carbons (Fsp3) is 1.00. The van der Waals surface area contributed by atoms with Gasteiger partial charge in [0.2, 0.25) is 0 Å². The SMILES string of the molecule is C1OC12CC1(CO1)CC1(CO1)CC1(CO1)C2. The van der Waals surface area contributed by atoms with Gasteiger partial charge in [0.1, 0.15) is 0 Å². The highest BCUT2D eigenvalue weighted by molar-refractivity contribution is 5.19. The van der Waals surface area contributed by atoms with Crippen LogP contribution in [0.4, 0.5) is 0 Å². The summed E-state index contributed by atoms with van der Waals surface area (Å²) in [7, 11) is 0. The Labute approximate surface area is 94.2 Å². The van der Waals surface area contributed by atoms with Crippen LogP contribution in [0.3, 0.4) is 0 Å². The molecule has 0 bridgehead atoms. The second-order valence-corrected chi connectivity index (χ2v) is 6.59. The van der Waals surface area contributed by atoms with Crippen LogP contribution in [-0.4, -0.2) is 48.8 Å². The minimum Gasteiger partial charge on any atom is -0.369 e. The Morgan fingerprint density at radius 1 is 0.438 bits per heavy atom. The molecular formula is C12H16O4. The molecule has 0 aromatic heterocycles. The van der Waals surface area contributed by atoms with E-state index in [1.165, 1.54) is 0 Å². The smallest absolute Gasteiger partial charge is 0.0973 e. The third-order valence-corrected chi connectivity index (χ3v) is 4.79. The lowest BCUT2D eigenvalue weighted by Crippen LogP contribution is -2.39. The molecule has 88 valence electrons. The van der Waals surface area contributed by atoms with E-state index in [4.69, 9.17) is 18.9 Å². The number of hydrogen-bond donors (Lipinski definition) is 0. The Hall–Kier alpha value is -0.160. The maximum atomic E-state index is 5.71. The van der Waals surface area contributed by atoms with E-state index in [0.717, 1.165) is 52.1 Å². The van der Waals surface area contributed by atoms with E-state index in [-0.39, 0.29) is 22.4 Å². The molecule has 0 amide bonds. The summed E-state index contributed by atoms with van der Waals surface area (Å²) in [6.07, 6.45) is 4.21. The van der Waals surface area contributed by atoms with Crippen molar-refractivity contribution in [2.75, 3.05) is 26.4 Å². The predicted molar refractivity (Wildman–Crippen MR) is 53.2 cm³/mol. The fourth-order valence-corrected chi connectivity index (χ4v) is 3.82. The van der Waals surface area contributed by atoms with Crippen molar-refractivity contribution in [3.05, 3.63) is 0 Å².